The molecule has 0 unspecified atom stereocenters. The number of ether oxygens (including phenoxy) is 1. The zero-order chi connectivity index (χ0) is 22.6. The fourth-order valence-corrected chi connectivity index (χ4v) is 2.49. The fraction of sp³-hybridized carbons (Fsp3) is 0.263. The topological polar surface area (TPSA) is 161 Å². The Kier molecular flexibility index (Phi) is 8.71. The number of carbonyl (C=O) groups excluding carboxylic acids is 2. The van der Waals surface area contributed by atoms with Crippen LogP contribution in [0.5, 0.6) is 0 Å². The molecule has 2 aromatic rings. The number of carboxylic acids is 1. The number of hydrogen-bond donors (Lipinski definition) is 3. The number of rotatable bonds is 11. The van der Waals surface area contributed by atoms with Crippen LogP contribution in [0.4, 0.5) is 4.79 Å². The van der Waals surface area contributed by atoms with Gasteiger partial charge in [0.05, 0.1) is 0 Å². The maximum Gasteiger partial charge on any atom is 0.412 e. The Bertz CT molecular complexity index is 922. The third kappa shape index (κ3) is 8.35. The maximum absolute atomic E-state index is 12.0. The summed E-state index contributed by atoms with van der Waals surface area (Å²) in [6.45, 7) is -0.622. The first-order chi connectivity index (χ1) is 14.8. The number of aliphatic carboxylic acids is 1. The zero-order valence-corrected chi connectivity index (χ0v) is 16.3. The van der Waals surface area contributed by atoms with Crippen molar-refractivity contribution in [2.45, 2.75) is 19.2 Å². The molecule has 0 aliphatic heterocycles. The molecule has 1 atom stereocenters. The van der Waals surface area contributed by atoms with Gasteiger partial charge in [-0.15, -0.1) is 10.1 Å². The number of nitrogens with zero attached hydrogens (tertiary/aromatic N) is 2. The van der Waals surface area contributed by atoms with Crippen LogP contribution in [0, 0.1) is 10.1 Å². The number of aromatic nitrogens is 1. The van der Waals surface area contributed by atoms with Crippen molar-refractivity contribution in [1.29, 1.82) is 0 Å². The zero-order valence-electron chi connectivity index (χ0n) is 16.3. The van der Waals surface area contributed by atoms with E-state index in [9.17, 15) is 29.6 Å². The highest BCUT2D eigenvalue weighted by Crippen LogP contribution is 2.04. The summed E-state index contributed by atoms with van der Waals surface area (Å²) in [6.07, 6.45) is 2.10. The van der Waals surface area contributed by atoms with Crippen molar-refractivity contribution in [3.8, 4) is 0 Å². The van der Waals surface area contributed by atoms with Crippen LogP contribution < -0.4 is 15.2 Å². The van der Waals surface area contributed by atoms with Gasteiger partial charge in [-0.3, -0.25) is 4.79 Å². The van der Waals surface area contributed by atoms with Crippen molar-refractivity contribution in [2.24, 2.45) is 0 Å². The van der Waals surface area contributed by atoms with Crippen molar-refractivity contribution in [3.05, 3.63) is 76.1 Å². The Labute approximate surface area is 176 Å². The molecule has 0 fully saturated rings. The van der Waals surface area contributed by atoms with Crippen LogP contribution in [0.1, 0.15) is 15.9 Å². The number of nitrogens with one attached hydrogen (secondary N) is 2. The molecule has 2 rings (SSSR count). The molecule has 164 valence electrons. The summed E-state index contributed by atoms with van der Waals surface area (Å²) in [5.74, 6) is -1.70. The minimum Gasteiger partial charge on any atom is -0.480 e. The van der Waals surface area contributed by atoms with Crippen molar-refractivity contribution >= 4 is 18.0 Å². The van der Waals surface area contributed by atoms with Gasteiger partial charge in [-0.25, -0.2) is 9.59 Å². The predicted octanol–water partition coefficient (Wildman–Crippen LogP) is 0.292. The highest BCUT2D eigenvalue weighted by Gasteiger charge is 2.22. The predicted molar refractivity (Wildman–Crippen MR) is 103 cm³/mol. The Morgan fingerprint density at radius 2 is 1.90 bits per heavy atom. The molecule has 12 heteroatoms. The molecule has 3 N–H and O–H groups in total. The lowest BCUT2D eigenvalue weighted by atomic mass is 10.1. The van der Waals surface area contributed by atoms with Gasteiger partial charge in [0.25, 0.3) is 17.7 Å². The second kappa shape index (κ2) is 11.7. The molecular weight excluding hydrogens is 412 g/mol. The smallest absolute Gasteiger partial charge is 0.412 e. The Morgan fingerprint density at radius 3 is 2.58 bits per heavy atom. The lowest BCUT2D eigenvalue weighted by molar-refractivity contribution is -0.757. The Hall–Kier alpha value is -4.22. The average molecular weight is 433 g/mol. The van der Waals surface area contributed by atoms with E-state index >= 15 is 0 Å². The first-order valence-corrected chi connectivity index (χ1v) is 9.10. The number of carbonyl (C=O) groups is 3. The third-order valence-corrected chi connectivity index (χ3v) is 3.92. The quantitative estimate of drug-likeness (QED) is 0.197. The molecule has 0 spiro atoms. The highest BCUT2D eigenvalue weighted by atomic mass is 16.9. The number of amides is 2. The molecule has 12 nitrogen and oxygen atoms in total. The first-order valence-electron chi connectivity index (χ1n) is 9.10. The second-order valence-corrected chi connectivity index (χ2v) is 6.21. The SMILES string of the molecule is O=C(N[C@@H](Cc1ccccc1)C(=O)O)OC[n+]1cccc(C(=O)NCCO[N+](=O)[O-])c1. The summed E-state index contributed by atoms with van der Waals surface area (Å²) in [5.41, 5.74) is 0.965. The van der Waals surface area contributed by atoms with Gasteiger partial charge in [0.1, 0.15) is 18.2 Å². The van der Waals surface area contributed by atoms with E-state index in [1.54, 1.807) is 42.6 Å². The largest absolute Gasteiger partial charge is 0.480 e. The van der Waals surface area contributed by atoms with Gasteiger partial charge in [-0.2, -0.15) is 4.57 Å². The van der Waals surface area contributed by atoms with Crippen molar-refractivity contribution in [2.75, 3.05) is 13.2 Å². The molecule has 0 aliphatic rings. The van der Waals surface area contributed by atoms with Gasteiger partial charge < -0.3 is 25.3 Å². The molecule has 0 saturated heterocycles. The molecule has 1 aromatic carbocycles. The Morgan fingerprint density at radius 1 is 1.16 bits per heavy atom. The molecule has 31 heavy (non-hydrogen) atoms. The summed E-state index contributed by atoms with van der Waals surface area (Å²) in [5, 5.41) is 23.2. The summed E-state index contributed by atoms with van der Waals surface area (Å²) >= 11 is 0. The molecule has 2 amide bonds. The molecule has 1 aromatic heterocycles. The van der Waals surface area contributed by atoms with E-state index in [-0.39, 0.29) is 31.9 Å². The van der Waals surface area contributed by atoms with Crippen LogP contribution in [0.3, 0.4) is 0 Å². The average Bonchev–Trinajstić information content (AvgIpc) is 2.75. The number of carboxylic acid groups (broad SMARTS) is 1. The van der Waals surface area contributed by atoms with Crippen LogP contribution in [-0.4, -0.2) is 47.4 Å². The van der Waals surface area contributed by atoms with Crippen LogP contribution in [0.25, 0.3) is 0 Å². The lowest BCUT2D eigenvalue weighted by Crippen LogP contribution is -2.45. The standard InChI is InChI=1S/C19H20N4O8/c24-17(20-8-10-31-23(28)29)15-7-4-9-22(12-15)13-30-19(27)21-16(18(25)26)11-14-5-2-1-3-6-14/h1-7,9,12,16H,8,10-11,13H2,(H2-,20,21,24,25,26,27)/p+1/t16-/m0/s1. The van der Waals surface area contributed by atoms with E-state index < -0.39 is 29.1 Å². The van der Waals surface area contributed by atoms with Crippen molar-refractivity contribution in [1.82, 2.24) is 10.6 Å². The Balaban J connectivity index is 1.85. The van der Waals surface area contributed by atoms with Gasteiger partial charge in [-0.05, 0) is 11.6 Å². The van der Waals surface area contributed by atoms with E-state index in [0.717, 1.165) is 5.56 Å². The van der Waals surface area contributed by atoms with Crippen molar-refractivity contribution < 1.29 is 38.7 Å². The number of hydrogen-bond acceptors (Lipinski definition) is 7. The van der Waals surface area contributed by atoms with Gasteiger partial charge >= 0.3 is 12.1 Å². The van der Waals surface area contributed by atoms with Crippen LogP contribution >= 0.6 is 0 Å². The summed E-state index contributed by atoms with van der Waals surface area (Å²) < 4.78 is 6.43. The normalized spacial score (nSPS) is 11.1. The molecular formula is C19H21N4O8+. The monoisotopic (exact) mass is 433 g/mol. The van der Waals surface area contributed by atoms with Gasteiger partial charge in [-0.1, -0.05) is 30.3 Å². The molecule has 0 bridgehead atoms. The second-order valence-electron chi connectivity index (χ2n) is 6.21. The van der Waals surface area contributed by atoms with E-state index in [1.165, 1.54) is 16.8 Å². The fourth-order valence-electron chi connectivity index (χ4n) is 2.49. The minimum absolute atomic E-state index is 0.0639. The minimum atomic E-state index is -1.20. The summed E-state index contributed by atoms with van der Waals surface area (Å²) in [7, 11) is 0. The number of alkyl carbamates (subject to hydrolysis) is 1. The van der Waals surface area contributed by atoms with Crippen LogP contribution in [-0.2, 0) is 27.5 Å². The van der Waals surface area contributed by atoms with Crippen molar-refractivity contribution in [3.63, 3.8) is 0 Å². The highest BCUT2D eigenvalue weighted by molar-refractivity contribution is 5.93. The summed E-state index contributed by atoms with van der Waals surface area (Å²) in [4.78, 5) is 49.6. The number of pyridine rings is 1. The molecule has 1 heterocycles. The first kappa shape index (κ1) is 23.1. The maximum atomic E-state index is 12.0. The van der Waals surface area contributed by atoms with E-state index in [1.807, 2.05) is 0 Å². The van der Waals surface area contributed by atoms with E-state index in [0.29, 0.717) is 0 Å². The third-order valence-electron chi connectivity index (χ3n) is 3.92. The molecule has 0 radical (unpaired) electrons. The summed E-state index contributed by atoms with van der Waals surface area (Å²) in [6, 6.07) is 10.7. The van der Waals surface area contributed by atoms with Crippen LogP contribution in [0.2, 0.25) is 0 Å². The van der Waals surface area contributed by atoms with Crippen LogP contribution in [0.15, 0.2) is 54.9 Å². The lowest BCUT2D eigenvalue weighted by Gasteiger charge is -2.14. The van der Waals surface area contributed by atoms with Gasteiger partial charge in [0.15, 0.2) is 12.4 Å². The van der Waals surface area contributed by atoms with Gasteiger partial charge in [0.2, 0.25) is 0 Å². The molecule has 0 saturated carbocycles. The number of benzene rings is 1. The van der Waals surface area contributed by atoms with E-state index in [2.05, 4.69) is 15.5 Å². The molecule has 0 aliphatic carbocycles. The van der Waals surface area contributed by atoms with Gasteiger partial charge in [0, 0.05) is 19.0 Å². The van der Waals surface area contributed by atoms with E-state index in [4.69, 9.17) is 4.74 Å².